The van der Waals surface area contributed by atoms with Gasteiger partial charge in [-0.3, -0.25) is 19.4 Å². The third-order valence-corrected chi connectivity index (χ3v) is 7.04. The Morgan fingerprint density at radius 2 is 2.03 bits per heavy atom. The minimum absolute atomic E-state index is 0.0861. The molecule has 0 fully saturated rings. The standard InChI is InChI=1S/C26H21ClN6O4S/c1-37-17-6-8-21(29-12-17)31-24(34)18-7-5-15(10-19(18)27)13-33-20(11-16-4-2-3-9-28-16)25(35)32-23-22(26(33)36)38-14-30-23/h2-10,12,14,20H,11,13H2,1H3,(H,32,35)(H,29,31,34). The lowest BCUT2D eigenvalue weighted by atomic mass is 10.1. The summed E-state index contributed by atoms with van der Waals surface area (Å²) in [6, 6.07) is 12.8. The van der Waals surface area contributed by atoms with Crippen LogP contribution < -0.4 is 15.4 Å². The molecule has 0 saturated carbocycles. The van der Waals surface area contributed by atoms with Crippen LogP contribution in [0.3, 0.4) is 0 Å². The molecule has 1 aromatic carbocycles. The molecule has 4 heterocycles. The van der Waals surface area contributed by atoms with E-state index in [1.807, 2.05) is 6.07 Å². The number of anilines is 2. The Hall–Kier alpha value is -4.35. The summed E-state index contributed by atoms with van der Waals surface area (Å²) in [4.78, 5) is 53.9. The van der Waals surface area contributed by atoms with Crippen LogP contribution in [0, 0.1) is 0 Å². The van der Waals surface area contributed by atoms with E-state index in [1.165, 1.54) is 23.7 Å². The Balaban J connectivity index is 1.39. The Morgan fingerprint density at radius 3 is 2.74 bits per heavy atom. The maximum Gasteiger partial charge on any atom is 0.268 e. The number of rotatable bonds is 7. The van der Waals surface area contributed by atoms with E-state index in [9.17, 15) is 14.4 Å². The van der Waals surface area contributed by atoms with Crippen molar-refractivity contribution in [1.82, 2.24) is 19.9 Å². The molecular formula is C26H21ClN6O4S. The molecule has 192 valence electrons. The van der Waals surface area contributed by atoms with Gasteiger partial charge in [-0.25, -0.2) is 9.97 Å². The van der Waals surface area contributed by atoms with E-state index in [0.717, 1.165) is 11.3 Å². The number of nitrogens with one attached hydrogen (secondary N) is 2. The first-order chi connectivity index (χ1) is 18.4. The number of pyridine rings is 2. The molecule has 1 atom stereocenters. The van der Waals surface area contributed by atoms with Gasteiger partial charge in [-0.2, -0.15) is 0 Å². The van der Waals surface area contributed by atoms with Crippen LogP contribution in [-0.2, 0) is 17.8 Å². The van der Waals surface area contributed by atoms with Crippen molar-refractivity contribution in [3.8, 4) is 5.75 Å². The highest BCUT2D eigenvalue weighted by Crippen LogP contribution is 2.29. The van der Waals surface area contributed by atoms with Gasteiger partial charge in [-0.05, 0) is 42.0 Å². The van der Waals surface area contributed by atoms with Crippen LogP contribution in [0.4, 0.5) is 11.6 Å². The molecule has 5 rings (SSSR count). The first-order valence-corrected chi connectivity index (χ1v) is 12.7. The van der Waals surface area contributed by atoms with Gasteiger partial charge in [0.15, 0.2) is 5.82 Å². The Bertz CT molecular complexity index is 1500. The molecule has 12 heteroatoms. The van der Waals surface area contributed by atoms with Crippen molar-refractivity contribution >= 4 is 52.3 Å². The fourth-order valence-corrected chi connectivity index (χ4v) is 4.98. The van der Waals surface area contributed by atoms with E-state index >= 15 is 0 Å². The molecule has 38 heavy (non-hydrogen) atoms. The van der Waals surface area contributed by atoms with Gasteiger partial charge in [0, 0.05) is 24.9 Å². The predicted molar refractivity (Wildman–Crippen MR) is 143 cm³/mol. The molecular weight excluding hydrogens is 528 g/mol. The fraction of sp³-hybridized carbons (Fsp3) is 0.154. The number of hydrogen-bond donors (Lipinski definition) is 2. The Morgan fingerprint density at radius 1 is 1.16 bits per heavy atom. The molecule has 0 aliphatic carbocycles. The van der Waals surface area contributed by atoms with E-state index in [-0.39, 0.29) is 41.2 Å². The Kier molecular flexibility index (Phi) is 7.29. The van der Waals surface area contributed by atoms with Crippen LogP contribution >= 0.6 is 22.9 Å². The van der Waals surface area contributed by atoms with Crippen LogP contribution in [0.5, 0.6) is 5.75 Å². The summed E-state index contributed by atoms with van der Waals surface area (Å²) in [6.07, 6.45) is 3.35. The summed E-state index contributed by atoms with van der Waals surface area (Å²) in [5, 5.41) is 5.65. The maximum atomic E-state index is 13.5. The van der Waals surface area contributed by atoms with Crippen molar-refractivity contribution in [1.29, 1.82) is 0 Å². The molecule has 1 aliphatic heterocycles. The van der Waals surface area contributed by atoms with Crippen LogP contribution in [0.1, 0.15) is 31.3 Å². The lowest BCUT2D eigenvalue weighted by Gasteiger charge is -2.28. The van der Waals surface area contributed by atoms with Gasteiger partial charge in [0.05, 0.1) is 29.4 Å². The summed E-state index contributed by atoms with van der Waals surface area (Å²) < 4.78 is 5.08. The zero-order valence-electron chi connectivity index (χ0n) is 20.1. The van der Waals surface area contributed by atoms with Gasteiger partial charge >= 0.3 is 0 Å². The van der Waals surface area contributed by atoms with E-state index in [1.54, 1.807) is 48.7 Å². The van der Waals surface area contributed by atoms with Gasteiger partial charge in [0.1, 0.15) is 22.5 Å². The number of nitrogens with zero attached hydrogens (tertiary/aromatic N) is 4. The molecule has 0 spiro atoms. The smallest absolute Gasteiger partial charge is 0.268 e. The van der Waals surface area contributed by atoms with Gasteiger partial charge in [-0.15, -0.1) is 11.3 Å². The monoisotopic (exact) mass is 548 g/mol. The third-order valence-electron chi connectivity index (χ3n) is 5.92. The van der Waals surface area contributed by atoms with E-state index < -0.39 is 11.9 Å². The lowest BCUT2D eigenvalue weighted by molar-refractivity contribution is -0.120. The zero-order valence-corrected chi connectivity index (χ0v) is 21.6. The third kappa shape index (κ3) is 5.34. The van der Waals surface area contributed by atoms with Crippen LogP contribution in [-0.4, -0.2) is 50.7 Å². The summed E-state index contributed by atoms with van der Waals surface area (Å²) in [7, 11) is 1.53. The number of ether oxygens (including phenoxy) is 1. The molecule has 0 radical (unpaired) electrons. The van der Waals surface area contributed by atoms with Crippen molar-refractivity contribution in [3.05, 3.63) is 93.2 Å². The molecule has 1 unspecified atom stereocenters. The van der Waals surface area contributed by atoms with Gasteiger partial charge < -0.3 is 20.3 Å². The number of amides is 3. The number of aromatic nitrogens is 3. The minimum Gasteiger partial charge on any atom is -0.495 e. The molecule has 4 aromatic rings. The summed E-state index contributed by atoms with van der Waals surface area (Å²) in [5.74, 6) is 0.0271. The van der Waals surface area contributed by atoms with E-state index in [0.29, 0.717) is 27.7 Å². The highest BCUT2D eigenvalue weighted by atomic mass is 35.5. The molecule has 10 nitrogen and oxygen atoms in total. The summed E-state index contributed by atoms with van der Waals surface area (Å²) >= 11 is 7.64. The Labute approximate surface area is 226 Å². The van der Waals surface area contributed by atoms with Gasteiger partial charge in [0.25, 0.3) is 11.8 Å². The molecule has 0 saturated heterocycles. The van der Waals surface area contributed by atoms with Crippen molar-refractivity contribution in [2.45, 2.75) is 19.0 Å². The lowest BCUT2D eigenvalue weighted by Crippen LogP contribution is -2.46. The number of hydrogen-bond acceptors (Lipinski definition) is 8. The predicted octanol–water partition coefficient (Wildman–Crippen LogP) is 4.05. The number of benzene rings is 1. The maximum absolute atomic E-state index is 13.5. The molecule has 0 bridgehead atoms. The normalized spacial score (nSPS) is 14.9. The molecule has 2 N–H and O–H groups in total. The first-order valence-electron chi connectivity index (χ1n) is 11.5. The highest BCUT2D eigenvalue weighted by molar-refractivity contribution is 7.12. The minimum atomic E-state index is -0.832. The number of carbonyl (C=O) groups is 3. The highest BCUT2D eigenvalue weighted by Gasteiger charge is 2.37. The first kappa shape index (κ1) is 25.3. The quantitative estimate of drug-likeness (QED) is 0.357. The number of carbonyl (C=O) groups excluding carboxylic acids is 3. The topological polar surface area (TPSA) is 126 Å². The van der Waals surface area contributed by atoms with Crippen LogP contribution in [0.2, 0.25) is 5.02 Å². The number of methoxy groups -OCH3 is 1. The van der Waals surface area contributed by atoms with Gasteiger partial charge in [0.2, 0.25) is 5.91 Å². The fourth-order valence-electron chi connectivity index (χ4n) is 4.00. The summed E-state index contributed by atoms with van der Waals surface area (Å²) in [5.41, 5.74) is 3.07. The molecule has 3 aromatic heterocycles. The average molecular weight is 549 g/mol. The second kappa shape index (κ2) is 11.0. The number of halogens is 1. The zero-order chi connectivity index (χ0) is 26.6. The second-order valence-corrected chi connectivity index (χ2v) is 9.61. The van der Waals surface area contributed by atoms with Crippen molar-refractivity contribution in [3.63, 3.8) is 0 Å². The second-order valence-electron chi connectivity index (χ2n) is 8.34. The molecule has 3 amide bonds. The van der Waals surface area contributed by atoms with Crippen molar-refractivity contribution in [2.24, 2.45) is 0 Å². The van der Waals surface area contributed by atoms with Crippen molar-refractivity contribution in [2.75, 3.05) is 17.7 Å². The van der Waals surface area contributed by atoms with E-state index in [4.69, 9.17) is 16.3 Å². The number of fused-ring (bicyclic) bond motifs is 1. The molecule has 1 aliphatic rings. The average Bonchev–Trinajstić information content (AvgIpc) is 3.36. The summed E-state index contributed by atoms with van der Waals surface area (Å²) in [6.45, 7) is 0.0861. The largest absolute Gasteiger partial charge is 0.495 e. The van der Waals surface area contributed by atoms with Crippen LogP contribution in [0.15, 0.2) is 66.4 Å². The van der Waals surface area contributed by atoms with Crippen molar-refractivity contribution < 1.29 is 19.1 Å². The van der Waals surface area contributed by atoms with Gasteiger partial charge in [-0.1, -0.05) is 23.7 Å². The van der Waals surface area contributed by atoms with E-state index in [2.05, 4.69) is 25.6 Å². The van der Waals surface area contributed by atoms with Crippen LogP contribution in [0.25, 0.3) is 0 Å². The number of thiazole rings is 1. The SMILES string of the molecule is COc1ccc(NC(=O)c2ccc(CN3C(=O)c4scnc4NC(=O)C3Cc3ccccn3)cc2Cl)nc1.